The Balaban J connectivity index is 1.76. The maximum atomic E-state index is 13.1. The van der Waals surface area contributed by atoms with Gasteiger partial charge in [-0.3, -0.25) is 9.59 Å². The fraction of sp³-hybridized carbons (Fsp3) is 0.231. The third-order valence-corrected chi connectivity index (χ3v) is 6.80. The molecular formula is C26H28N2O6S. The van der Waals surface area contributed by atoms with E-state index >= 15 is 0 Å². The van der Waals surface area contributed by atoms with Crippen LogP contribution in [0.4, 0.5) is 5.69 Å². The van der Waals surface area contributed by atoms with Gasteiger partial charge in [0, 0.05) is 5.56 Å². The monoisotopic (exact) mass is 496 g/mol. The molecule has 0 saturated heterocycles. The molecule has 0 fully saturated rings. The number of carbonyl (C=O) groups is 2. The second-order valence-corrected chi connectivity index (χ2v) is 9.81. The molecule has 1 amide bonds. The van der Waals surface area contributed by atoms with Gasteiger partial charge in [-0.1, -0.05) is 42.5 Å². The average molecular weight is 497 g/mol. The zero-order chi connectivity index (χ0) is 25.6. The van der Waals surface area contributed by atoms with E-state index in [1.54, 1.807) is 55.5 Å². The van der Waals surface area contributed by atoms with Gasteiger partial charge in [-0.25, -0.2) is 8.42 Å². The van der Waals surface area contributed by atoms with Crippen LogP contribution in [0, 0.1) is 20.8 Å². The third kappa shape index (κ3) is 6.68. The van der Waals surface area contributed by atoms with Gasteiger partial charge in [-0.05, 0) is 61.7 Å². The second-order valence-electron chi connectivity index (χ2n) is 8.04. The Morgan fingerprint density at radius 3 is 2.29 bits per heavy atom. The molecule has 0 radical (unpaired) electrons. The van der Waals surface area contributed by atoms with Crippen molar-refractivity contribution in [3.05, 3.63) is 89.0 Å². The first-order chi connectivity index (χ1) is 16.6. The lowest BCUT2D eigenvalue weighted by Crippen LogP contribution is -2.33. The van der Waals surface area contributed by atoms with E-state index in [1.165, 1.54) is 19.2 Å². The van der Waals surface area contributed by atoms with E-state index in [1.807, 2.05) is 19.9 Å². The Hall–Kier alpha value is -3.69. The SMILES string of the molecule is COc1ccc(C)cc1NC(=O)C(OC(=O)CNS(=O)(=O)c1ccc(C)c(C)c1)c1ccccc1. The van der Waals surface area contributed by atoms with Crippen LogP contribution in [0.1, 0.15) is 28.4 Å². The molecule has 1 atom stereocenters. The molecule has 9 heteroatoms. The Labute approximate surface area is 205 Å². The van der Waals surface area contributed by atoms with Crippen LogP contribution in [0.3, 0.4) is 0 Å². The van der Waals surface area contributed by atoms with E-state index in [9.17, 15) is 18.0 Å². The molecule has 35 heavy (non-hydrogen) atoms. The number of benzene rings is 3. The Kier molecular flexibility index (Phi) is 8.26. The zero-order valence-electron chi connectivity index (χ0n) is 20.0. The molecule has 3 aromatic rings. The second kappa shape index (κ2) is 11.2. The van der Waals surface area contributed by atoms with Crippen LogP contribution in [0.2, 0.25) is 0 Å². The maximum Gasteiger partial charge on any atom is 0.322 e. The van der Waals surface area contributed by atoms with Crippen molar-refractivity contribution in [1.82, 2.24) is 4.72 Å². The van der Waals surface area contributed by atoms with Crippen LogP contribution in [0.25, 0.3) is 0 Å². The van der Waals surface area contributed by atoms with Crippen molar-refractivity contribution in [1.29, 1.82) is 0 Å². The molecular weight excluding hydrogens is 468 g/mol. The highest BCUT2D eigenvalue weighted by molar-refractivity contribution is 7.89. The Morgan fingerprint density at radius 1 is 0.914 bits per heavy atom. The highest BCUT2D eigenvalue weighted by Crippen LogP contribution is 2.27. The molecule has 8 nitrogen and oxygen atoms in total. The normalized spacial score (nSPS) is 12.0. The fourth-order valence-corrected chi connectivity index (χ4v) is 4.36. The van der Waals surface area contributed by atoms with Crippen molar-refractivity contribution < 1.29 is 27.5 Å². The summed E-state index contributed by atoms with van der Waals surface area (Å²) in [5, 5.41) is 2.74. The van der Waals surface area contributed by atoms with Gasteiger partial charge in [0.1, 0.15) is 12.3 Å². The van der Waals surface area contributed by atoms with Gasteiger partial charge in [-0.2, -0.15) is 4.72 Å². The molecule has 3 rings (SSSR count). The van der Waals surface area contributed by atoms with Gasteiger partial charge >= 0.3 is 5.97 Å². The number of aryl methyl sites for hydroxylation is 3. The number of amides is 1. The molecule has 0 saturated carbocycles. The summed E-state index contributed by atoms with van der Waals surface area (Å²) < 4.78 is 38.2. The van der Waals surface area contributed by atoms with Crippen molar-refractivity contribution in [2.24, 2.45) is 0 Å². The van der Waals surface area contributed by atoms with E-state index < -0.39 is 34.5 Å². The Morgan fingerprint density at radius 2 is 1.63 bits per heavy atom. The number of hydrogen-bond acceptors (Lipinski definition) is 6. The lowest BCUT2D eigenvalue weighted by Gasteiger charge is -2.19. The number of methoxy groups -OCH3 is 1. The number of ether oxygens (including phenoxy) is 2. The van der Waals surface area contributed by atoms with Gasteiger partial charge in [0.05, 0.1) is 17.7 Å². The number of nitrogens with one attached hydrogen (secondary N) is 2. The summed E-state index contributed by atoms with van der Waals surface area (Å²) in [6.45, 7) is 4.90. The number of carbonyl (C=O) groups excluding carboxylic acids is 2. The topological polar surface area (TPSA) is 111 Å². The highest BCUT2D eigenvalue weighted by atomic mass is 32.2. The van der Waals surface area contributed by atoms with Crippen molar-refractivity contribution in [2.75, 3.05) is 19.0 Å². The number of anilines is 1. The predicted molar refractivity (Wildman–Crippen MR) is 133 cm³/mol. The summed E-state index contributed by atoms with van der Waals surface area (Å²) in [5.74, 6) is -1.06. The summed E-state index contributed by atoms with van der Waals surface area (Å²) >= 11 is 0. The van der Waals surface area contributed by atoms with Gasteiger partial charge < -0.3 is 14.8 Å². The van der Waals surface area contributed by atoms with E-state index in [-0.39, 0.29) is 4.90 Å². The molecule has 1 unspecified atom stereocenters. The molecule has 0 bridgehead atoms. The van der Waals surface area contributed by atoms with Gasteiger partial charge in [0.25, 0.3) is 5.91 Å². The summed E-state index contributed by atoms with van der Waals surface area (Å²) in [5.41, 5.74) is 3.51. The molecule has 0 aliphatic rings. The molecule has 2 N–H and O–H groups in total. The first kappa shape index (κ1) is 25.9. The Bertz CT molecular complexity index is 1320. The number of hydrogen-bond donors (Lipinski definition) is 2. The molecule has 3 aromatic carbocycles. The molecule has 0 heterocycles. The van der Waals surface area contributed by atoms with E-state index in [0.717, 1.165) is 16.7 Å². The van der Waals surface area contributed by atoms with E-state index in [2.05, 4.69) is 10.0 Å². The van der Waals surface area contributed by atoms with Crippen molar-refractivity contribution >= 4 is 27.6 Å². The average Bonchev–Trinajstić information content (AvgIpc) is 2.83. The summed E-state index contributed by atoms with van der Waals surface area (Å²) in [6.07, 6.45) is -1.31. The van der Waals surface area contributed by atoms with Crippen LogP contribution in [-0.2, 0) is 24.3 Å². The fourth-order valence-electron chi connectivity index (χ4n) is 3.31. The van der Waals surface area contributed by atoms with Crippen molar-refractivity contribution in [2.45, 2.75) is 31.8 Å². The minimum atomic E-state index is -3.95. The number of rotatable bonds is 9. The van der Waals surface area contributed by atoms with E-state index in [4.69, 9.17) is 9.47 Å². The van der Waals surface area contributed by atoms with E-state index in [0.29, 0.717) is 17.0 Å². The predicted octanol–water partition coefficient (Wildman–Crippen LogP) is 3.82. The first-order valence-electron chi connectivity index (χ1n) is 10.9. The standard InChI is InChI=1S/C26H28N2O6S/c1-17-10-13-23(33-4)22(14-17)28-26(30)25(20-8-6-5-7-9-20)34-24(29)16-27-35(31,32)21-12-11-18(2)19(3)15-21/h5-15,25,27H,16H2,1-4H3,(H,28,30). The van der Waals surface area contributed by atoms with Crippen LogP contribution in [0.15, 0.2) is 71.6 Å². The minimum absolute atomic E-state index is 0.0392. The summed E-state index contributed by atoms with van der Waals surface area (Å²) in [7, 11) is -2.46. The van der Waals surface area contributed by atoms with Crippen LogP contribution in [0.5, 0.6) is 5.75 Å². The largest absolute Gasteiger partial charge is 0.495 e. The van der Waals surface area contributed by atoms with Gasteiger partial charge in [-0.15, -0.1) is 0 Å². The quantitative estimate of drug-likeness (QED) is 0.436. The summed E-state index contributed by atoms with van der Waals surface area (Å²) in [4.78, 5) is 25.8. The van der Waals surface area contributed by atoms with Crippen molar-refractivity contribution in [3.63, 3.8) is 0 Å². The third-order valence-electron chi connectivity index (χ3n) is 5.40. The van der Waals surface area contributed by atoms with Crippen LogP contribution >= 0.6 is 0 Å². The van der Waals surface area contributed by atoms with Gasteiger partial charge in [0.15, 0.2) is 0 Å². The lowest BCUT2D eigenvalue weighted by molar-refractivity contribution is -0.153. The number of esters is 1. The van der Waals surface area contributed by atoms with Gasteiger partial charge in [0.2, 0.25) is 16.1 Å². The minimum Gasteiger partial charge on any atom is -0.495 e. The molecule has 0 aromatic heterocycles. The molecule has 0 spiro atoms. The lowest BCUT2D eigenvalue weighted by atomic mass is 10.1. The first-order valence-corrected chi connectivity index (χ1v) is 12.4. The maximum absolute atomic E-state index is 13.1. The molecule has 184 valence electrons. The molecule has 0 aliphatic heterocycles. The van der Waals surface area contributed by atoms with Crippen molar-refractivity contribution in [3.8, 4) is 5.75 Å². The summed E-state index contributed by atoms with van der Waals surface area (Å²) in [6, 6.07) is 18.4. The van der Waals surface area contributed by atoms with Crippen LogP contribution < -0.4 is 14.8 Å². The molecule has 0 aliphatic carbocycles. The highest BCUT2D eigenvalue weighted by Gasteiger charge is 2.27. The zero-order valence-corrected chi connectivity index (χ0v) is 20.8. The van der Waals surface area contributed by atoms with Crippen LogP contribution in [-0.4, -0.2) is 33.9 Å². The number of sulfonamides is 1. The smallest absolute Gasteiger partial charge is 0.322 e.